The molecule has 0 saturated carbocycles. The third kappa shape index (κ3) is 3.93. The first kappa shape index (κ1) is 15.3. The lowest BCUT2D eigenvalue weighted by molar-refractivity contribution is -0.384. The van der Waals surface area contributed by atoms with E-state index in [0.717, 1.165) is 25.8 Å². The highest BCUT2D eigenvalue weighted by Crippen LogP contribution is 2.21. The highest BCUT2D eigenvalue weighted by atomic mass is 16.6. The zero-order chi connectivity index (χ0) is 15.2. The Morgan fingerprint density at radius 2 is 2.10 bits per heavy atom. The topological polar surface area (TPSA) is 72.7 Å². The SMILES string of the molecule is CCC1CCCCN1C(=O)COc1ccc([N+](=O)[O-])cc1. The van der Waals surface area contributed by atoms with Crippen molar-refractivity contribution >= 4 is 11.6 Å². The number of amides is 1. The number of nitrogens with zero attached hydrogens (tertiary/aromatic N) is 2. The van der Waals surface area contributed by atoms with Gasteiger partial charge in [-0.3, -0.25) is 14.9 Å². The number of carbonyl (C=O) groups excluding carboxylic acids is 1. The molecule has 0 radical (unpaired) electrons. The smallest absolute Gasteiger partial charge is 0.269 e. The number of piperidine rings is 1. The van der Waals surface area contributed by atoms with Gasteiger partial charge in [0.15, 0.2) is 6.61 Å². The van der Waals surface area contributed by atoms with E-state index in [4.69, 9.17) is 4.74 Å². The number of likely N-dealkylation sites (tertiary alicyclic amines) is 1. The van der Waals surface area contributed by atoms with Crippen molar-refractivity contribution in [2.45, 2.75) is 38.6 Å². The van der Waals surface area contributed by atoms with Crippen molar-refractivity contribution in [2.24, 2.45) is 0 Å². The highest BCUT2D eigenvalue weighted by molar-refractivity contribution is 5.78. The Balaban J connectivity index is 1.89. The van der Waals surface area contributed by atoms with Crippen LogP contribution in [0.1, 0.15) is 32.6 Å². The van der Waals surface area contributed by atoms with Gasteiger partial charge in [0.25, 0.3) is 11.6 Å². The minimum Gasteiger partial charge on any atom is -0.484 e. The molecular weight excluding hydrogens is 272 g/mol. The van der Waals surface area contributed by atoms with E-state index in [0.29, 0.717) is 11.8 Å². The lowest BCUT2D eigenvalue weighted by atomic mass is 10.00. The standard InChI is InChI=1S/C15H20N2O4/c1-2-12-5-3-4-10-16(12)15(18)11-21-14-8-6-13(7-9-14)17(19)20/h6-9,12H,2-5,10-11H2,1H3. The number of benzene rings is 1. The molecule has 0 bridgehead atoms. The maximum absolute atomic E-state index is 12.2. The maximum atomic E-state index is 12.2. The van der Waals surface area contributed by atoms with E-state index in [1.54, 1.807) is 0 Å². The third-order valence-electron chi connectivity index (χ3n) is 3.83. The fraction of sp³-hybridized carbons (Fsp3) is 0.533. The second-order valence-electron chi connectivity index (χ2n) is 5.18. The summed E-state index contributed by atoms with van der Waals surface area (Å²) < 4.78 is 5.43. The van der Waals surface area contributed by atoms with Crippen LogP contribution in [0.3, 0.4) is 0 Å². The molecule has 0 N–H and O–H groups in total. The summed E-state index contributed by atoms with van der Waals surface area (Å²) in [5, 5.41) is 10.6. The van der Waals surface area contributed by atoms with Crippen molar-refractivity contribution in [1.29, 1.82) is 0 Å². The van der Waals surface area contributed by atoms with Crippen LogP contribution in [-0.2, 0) is 4.79 Å². The largest absolute Gasteiger partial charge is 0.484 e. The third-order valence-corrected chi connectivity index (χ3v) is 3.83. The molecule has 21 heavy (non-hydrogen) atoms. The lowest BCUT2D eigenvalue weighted by Gasteiger charge is -2.35. The van der Waals surface area contributed by atoms with Gasteiger partial charge >= 0.3 is 0 Å². The Hall–Kier alpha value is -2.11. The van der Waals surface area contributed by atoms with Gasteiger partial charge in [-0.2, -0.15) is 0 Å². The summed E-state index contributed by atoms with van der Waals surface area (Å²) in [6, 6.07) is 6.08. The summed E-state index contributed by atoms with van der Waals surface area (Å²) in [6.45, 7) is 2.86. The Morgan fingerprint density at radius 1 is 1.38 bits per heavy atom. The summed E-state index contributed by atoms with van der Waals surface area (Å²) >= 11 is 0. The van der Waals surface area contributed by atoms with Crippen molar-refractivity contribution in [1.82, 2.24) is 4.90 Å². The van der Waals surface area contributed by atoms with E-state index in [-0.39, 0.29) is 18.2 Å². The van der Waals surface area contributed by atoms with Crippen LogP contribution in [0.2, 0.25) is 0 Å². The molecule has 0 spiro atoms. The van der Waals surface area contributed by atoms with E-state index in [2.05, 4.69) is 6.92 Å². The first-order valence-electron chi connectivity index (χ1n) is 7.28. The molecule has 1 amide bonds. The first-order chi connectivity index (χ1) is 10.1. The molecule has 1 unspecified atom stereocenters. The van der Waals surface area contributed by atoms with Crippen LogP contribution in [0.5, 0.6) is 5.75 Å². The van der Waals surface area contributed by atoms with E-state index in [9.17, 15) is 14.9 Å². The Kier molecular flexibility index (Phi) is 5.14. The van der Waals surface area contributed by atoms with Gasteiger partial charge < -0.3 is 9.64 Å². The van der Waals surface area contributed by atoms with Crippen LogP contribution >= 0.6 is 0 Å². The van der Waals surface area contributed by atoms with Crippen LogP contribution in [0.4, 0.5) is 5.69 Å². The quantitative estimate of drug-likeness (QED) is 0.618. The van der Waals surface area contributed by atoms with Crippen molar-refractivity contribution < 1.29 is 14.5 Å². The van der Waals surface area contributed by atoms with Crippen LogP contribution in [0.15, 0.2) is 24.3 Å². The molecule has 1 aliphatic heterocycles. The molecule has 1 aromatic rings. The minimum atomic E-state index is -0.464. The van der Waals surface area contributed by atoms with Gasteiger partial charge in [0.05, 0.1) is 4.92 Å². The van der Waals surface area contributed by atoms with Crippen molar-refractivity contribution in [3.63, 3.8) is 0 Å². The molecule has 6 nitrogen and oxygen atoms in total. The number of non-ortho nitro benzene ring substituents is 1. The van der Waals surface area contributed by atoms with Gasteiger partial charge in [-0.1, -0.05) is 6.92 Å². The number of hydrogen-bond acceptors (Lipinski definition) is 4. The zero-order valence-corrected chi connectivity index (χ0v) is 12.2. The average Bonchev–Trinajstić information content (AvgIpc) is 2.52. The van der Waals surface area contributed by atoms with Crippen LogP contribution in [-0.4, -0.2) is 34.9 Å². The Morgan fingerprint density at radius 3 is 2.71 bits per heavy atom. The van der Waals surface area contributed by atoms with Crippen LogP contribution in [0, 0.1) is 10.1 Å². The Bertz CT molecular complexity index is 501. The zero-order valence-electron chi connectivity index (χ0n) is 12.2. The molecule has 1 atom stereocenters. The van der Waals surface area contributed by atoms with Gasteiger partial charge in [-0.25, -0.2) is 0 Å². The summed E-state index contributed by atoms with van der Waals surface area (Å²) in [6.07, 6.45) is 4.23. The average molecular weight is 292 g/mol. The van der Waals surface area contributed by atoms with Gasteiger partial charge in [0, 0.05) is 24.7 Å². The number of rotatable bonds is 5. The van der Waals surface area contributed by atoms with Crippen molar-refractivity contribution in [3.05, 3.63) is 34.4 Å². The molecule has 2 rings (SSSR count). The summed E-state index contributed by atoms with van der Waals surface area (Å²) in [5.74, 6) is 0.457. The minimum absolute atomic E-state index is 0.00996. The van der Waals surface area contributed by atoms with Gasteiger partial charge in [0.2, 0.25) is 0 Å². The molecule has 1 heterocycles. The molecule has 1 fully saturated rings. The molecule has 1 aliphatic rings. The molecule has 1 saturated heterocycles. The molecular formula is C15H20N2O4. The highest BCUT2D eigenvalue weighted by Gasteiger charge is 2.25. The number of hydrogen-bond donors (Lipinski definition) is 0. The molecule has 0 aromatic heterocycles. The molecule has 1 aromatic carbocycles. The van der Waals surface area contributed by atoms with E-state index < -0.39 is 4.92 Å². The number of nitro benzene ring substituents is 1. The number of carbonyl (C=O) groups is 1. The maximum Gasteiger partial charge on any atom is 0.269 e. The fourth-order valence-electron chi connectivity index (χ4n) is 2.65. The van der Waals surface area contributed by atoms with Crippen LogP contribution < -0.4 is 4.74 Å². The van der Waals surface area contributed by atoms with E-state index in [1.165, 1.54) is 30.7 Å². The second kappa shape index (κ2) is 7.06. The monoisotopic (exact) mass is 292 g/mol. The number of ether oxygens (including phenoxy) is 1. The van der Waals surface area contributed by atoms with Gasteiger partial charge in [-0.15, -0.1) is 0 Å². The molecule has 0 aliphatic carbocycles. The van der Waals surface area contributed by atoms with Gasteiger partial charge in [0.1, 0.15) is 5.75 Å². The van der Waals surface area contributed by atoms with Crippen molar-refractivity contribution in [3.8, 4) is 5.75 Å². The van der Waals surface area contributed by atoms with E-state index >= 15 is 0 Å². The van der Waals surface area contributed by atoms with Crippen molar-refractivity contribution in [2.75, 3.05) is 13.2 Å². The number of nitro groups is 1. The fourth-order valence-corrected chi connectivity index (χ4v) is 2.65. The normalized spacial score (nSPS) is 18.3. The predicted octanol–water partition coefficient (Wildman–Crippen LogP) is 2.76. The summed E-state index contributed by atoms with van der Waals surface area (Å²) in [5.41, 5.74) is 0.00996. The molecule has 114 valence electrons. The summed E-state index contributed by atoms with van der Waals surface area (Å²) in [4.78, 5) is 24.2. The first-order valence-corrected chi connectivity index (χ1v) is 7.28. The lowest BCUT2D eigenvalue weighted by Crippen LogP contribution is -2.45. The van der Waals surface area contributed by atoms with Gasteiger partial charge in [-0.05, 0) is 37.8 Å². The Labute approximate surface area is 123 Å². The second-order valence-corrected chi connectivity index (χ2v) is 5.18. The van der Waals surface area contributed by atoms with Crippen LogP contribution in [0.25, 0.3) is 0 Å². The predicted molar refractivity (Wildman–Crippen MR) is 78.2 cm³/mol. The summed E-state index contributed by atoms with van der Waals surface area (Å²) in [7, 11) is 0. The molecule has 6 heteroatoms. The van der Waals surface area contributed by atoms with E-state index in [1.807, 2.05) is 4.90 Å².